The van der Waals surface area contributed by atoms with Crippen LogP contribution in [0.3, 0.4) is 0 Å². The lowest BCUT2D eigenvalue weighted by atomic mass is 10.0. The molecule has 0 saturated carbocycles. The normalized spacial score (nSPS) is 11.1. The third-order valence-corrected chi connectivity index (χ3v) is 6.64. The molecule has 0 atom stereocenters. The van der Waals surface area contributed by atoms with Crippen LogP contribution >= 0.6 is 23.1 Å². The van der Waals surface area contributed by atoms with Gasteiger partial charge in [-0.2, -0.15) is 0 Å². The molecule has 0 fully saturated rings. The molecule has 28 heavy (non-hydrogen) atoms. The van der Waals surface area contributed by atoms with Gasteiger partial charge in [0.15, 0.2) is 0 Å². The summed E-state index contributed by atoms with van der Waals surface area (Å²) in [5.74, 6) is 1.63. The number of H-pyrrole nitrogens is 1. The average Bonchev–Trinajstić information content (AvgIpc) is 3.00. The van der Waals surface area contributed by atoms with Gasteiger partial charge in [-0.25, -0.2) is 4.98 Å². The molecule has 0 radical (unpaired) electrons. The van der Waals surface area contributed by atoms with E-state index in [0.717, 1.165) is 20.8 Å². The molecule has 0 saturated heterocycles. The number of hydrogen-bond acceptors (Lipinski definition) is 5. The molecule has 2 aromatic heterocycles. The molecular weight excluding hydrogens is 390 g/mol. The van der Waals surface area contributed by atoms with E-state index in [1.807, 2.05) is 44.7 Å². The lowest BCUT2D eigenvalue weighted by molar-refractivity contribution is -0.127. The number of thiophene rings is 1. The first-order valence-electron chi connectivity index (χ1n) is 9.39. The van der Waals surface area contributed by atoms with Crippen LogP contribution in [0.4, 0.5) is 0 Å². The lowest BCUT2D eigenvalue weighted by Gasteiger charge is -2.17. The number of aryl methyl sites for hydroxylation is 2. The SMILES string of the molecule is CCN(CC)C(=O)CSCc1nc2sc(C)c(-c3ccc(C)cc3)c2c(=O)[nH]1. The Labute approximate surface area is 173 Å². The van der Waals surface area contributed by atoms with E-state index in [2.05, 4.69) is 22.1 Å². The van der Waals surface area contributed by atoms with Crippen LogP contribution < -0.4 is 5.56 Å². The lowest BCUT2D eigenvalue weighted by Crippen LogP contribution is -2.31. The van der Waals surface area contributed by atoms with E-state index in [-0.39, 0.29) is 11.5 Å². The minimum atomic E-state index is -0.115. The first-order valence-corrected chi connectivity index (χ1v) is 11.4. The van der Waals surface area contributed by atoms with Crippen LogP contribution in [0.2, 0.25) is 0 Å². The standard InChI is InChI=1S/C21H25N3O2S2/c1-5-24(6-2)17(25)12-27-11-16-22-20(26)19-18(14(4)28-21(19)23-16)15-9-7-13(3)8-10-15/h7-10H,5-6,11-12H2,1-4H3,(H,22,23,26). The maximum Gasteiger partial charge on any atom is 0.260 e. The van der Waals surface area contributed by atoms with Crippen molar-refractivity contribution in [3.63, 3.8) is 0 Å². The second-order valence-corrected chi connectivity index (χ2v) is 8.84. The third-order valence-electron chi connectivity index (χ3n) is 4.71. The van der Waals surface area contributed by atoms with Crippen LogP contribution in [0, 0.1) is 13.8 Å². The monoisotopic (exact) mass is 415 g/mol. The largest absolute Gasteiger partial charge is 0.343 e. The Morgan fingerprint density at radius 3 is 2.50 bits per heavy atom. The summed E-state index contributed by atoms with van der Waals surface area (Å²) in [4.78, 5) is 36.1. The first kappa shape index (κ1) is 20.6. The van der Waals surface area contributed by atoms with Crippen LogP contribution in [-0.4, -0.2) is 39.6 Å². The number of aromatic nitrogens is 2. The number of fused-ring (bicyclic) bond motifs is 1. The van der Waals surface area contributed by atoms with Crippen molar-refractivity contribution < 1.29 is 4.79 Å². The molecule has 2 heterocycles. The number of aromatic amines is 1. The van der Waals surface area contributed by atoms with Crippen molar-refractivity contribution >= 4 is 39.2 Å². The Morgan fingerprint density at radius 1 is 1.18 bits per heavy atom. The number of hydrogen-bond donors (Lipinski definition) is 1. The summed E-state index contributed by atoms with van der Waals surface area (Å²) >= 11 is 3.02. The minimum Gasteiger partial charge on any atom is -0.343 e. The second-order valence-electron chi connectivity index (χ2n) is 6.65. The van der Waals surface area contributed by atoms with Gasteiger partial charge in [0.05, 0.1) is 16.9 Å². The number of amides is 1. The average molecular weight is 416 g/mol. The van der Waals surface area contributed by atoms with E-state index in [1.165, 1.54) is 17.3 Å². The van der Waals surface area contributed by atoms with E-state index in [9.17, 15) is 9.59 Å². The van der Waals surface area contributed by atoms with Crippen molar-refractivity contribution in [2.75, 3.05) is 18.8 Å². The van der Waals surface area contributed by atoms with E-state index < -0.39 is 0 Å². The van der Waals surface area contributed by atoms with Gasteiger partial charge in [-0.1, -0.05) is 29.8 Å². The van der Waals surface area contributed by atoms with Gasteiger partial charge in [-0.3, -0.25) is 9.59 Å². The van der Waals surface area contributed by atoms with Gasteiger partial charge in [0.2, 0.25) is 5.91 Å². The van der Waals surface area contributed by atoms with Gasteiger partial charge in [-0.15, -0.1) is 23.1 Å². The quantitative estimate of drug-likeness (QED) is 0.622. The van der Waals surface area contributed by atoms with E-state index in [4.69, 9.17) is 0 Å². The molecule has 5 nitrogen and oxygen atoms in total. The Kier molecular flexibility index (Phi) is 6.57. The third kappa shape index (κ3) is 4.31. The molecule has 0 aliphatic heterocycles. The summed E-state index contributed by atoms with van der Waals surface area (Å²) in [6.07, 6.45) is 0. The molecule has 0 bridgehead atoms. The molecule has 3 rings (SSSR count). The van der Waals surface area contributed by atoms with Gasteiger partial charge in [-0.05, 0) is 33.3 Å². The molecule has 1 aromatic carbocycles. The number of carbonyl (C=O) groups is 1. The highest BCUT2D eigenvalue weighted by Crippen LogP contribution is 2.35. The van der Waals surface area contributed by atoms with Crippen LogP contribution in [-0.2, 0) is 10.5 Å². The fraction of sp³-hybridized carbons (Fsp3) is 0.381. The number of rotatable bonds is 7. The van der Waals surface area contributed by atoms with Crippen LogP contribution in [0.15, 0.2) is 29.1 Å². The predicted molar refractivity (Wildman–Crippen MR) is 119 cm³/mol. The minimum absolute atomic E-state index is 0.115. The Hall–Kier alpha value is -2.12. The first-order chi connectivity index (χ1) is 13.4. The molecule has 0 unspecified atom stereocenters. The number of carbonyl (C=O) groups excluding carboxylic acids is 1. The van der Waals surface area contributed by atoms with Crippen molar-refractivity contribution in [1.82, 2.24) is 14.9 Å². The van der Waals surface area contributed by atoms with E-state index in [0.29, 0.717) is 35.8 Å². The van der Waals surface area contributed by atoms with E-state index in [1.54, 1.807) is 11.3 Å². The maximum atomic E-state index is 12.8. The van der Waals surface area contributed by atoms with Crippen molar-refractivity contribution in [3.8, 4) is 11.1 Å². The Bertz CT molecular complexity index is 1030. The van der Waals surface area contributed by atoms with Gasteiger partial charge in [0.1, 0.15) is 10.7 Å². The molecular formula is C21H25N3O2S2. The van der Waals surface area contributed by atoms with Crippen molar-refractivity contribution in [1.29, 1.82) is 0 Å². The maximum absolute atomic E-state index is 12.8. The van der Waals surface area contributed by atoms with E-state index >= 15 is 0 Å². The molecule has 1 amide bonds. The summed E-state index contributed by atoms with van der Waals surface area (Å²) in [6, 6.07) is 8.20. The summed E-state index contributed by atoms with van der Waals surface area (Å²) in [5, 5.41) is 0.652. The molecule has 1 N–H and O–H groups in total. The zero-order valence-corrected chi connectivity index (χ0v) is 18.3. The Balaban J connectivity index is 1.83. The molecule has 7 heteroatoms. The molecule has 148 valence electrons. The zero-order chi connectivity index (χ0) is 20.3. The predicted octanol–water partition coefficient (Wildman–Crippen LogP) is 4.37. The van der Waals surface area contributed by atoms with Gasteiger partial charge in [0.25, 0.3) is 5.56 Å². The molecule has 0 aliphatic rings. The van der Waals surface area contributed by atoms with Crippen molar-refractivity contribution in [3.05, 3.63) is 50.9 Å². The smallest absolute Gasteiger partial charge is 0.260 e. The highest BCUT2D eigenvalue weighted by Gasteiger charge is 2.17. The Morgan fingerprint density at radius 2 is 1.86 bits per heavy atom. The fourth-order valence-corrected chi connectivity index (χ4v) is 5.06. The second kappa shape index (κ2) is 8.92. The van der Waals surface area contributed by atoms with Crippen LogP contribution in [0.1, 0.15) is 30.1 Å². The fourth-order valence-electron chi connectivity index (χ4n) is 3.20. The topological polar surface area (TPSA) is 66.1 Å². The van der Waals surface area contributed by atoms with Crippen molar-refractivity contribution in [2.45, 2.75) is 33.4 Å². The summed E-state index contributed by atoms with van der Waals surface area (Å²) in [7, 11) is 0. The molecule has 0 aliphatic carbocycles. The number of nitrogens with zero attached hydrogens (tertiary/aromatic N) is 2. The number of benzene rings is 1. The van der Waals surface area contributed by atoms with Gasteiger partial charge < -0.3 is 9.88 Å². The van der Waals surface area contributed by atoms with Gasteiger partial charge >= 0.3 is 0 Å². The highest BCUT2D eigenvalue weighted by atomic mass is 32.2. The van der Waals surface area contributed by atoms with Gasteiger partial charge in [0, 0.05) is 23.5 Å². The van der Waals surface area contributed by atoms with Crippen molar-refractivity contribution in [2.24, 2.45) is 0 Å². The summed E-state index contributed by atoms with van der Waals surface area (Å²) in [6.45, 7) is 9.46. The number of nitrogens with one attached hydrogen (secondary N) is 1. The number of thioether (sulfide) groups is 1. The summed E-state index contributed by atoms with van der Waals surface area (Å²) < 4.78 is 0. The van der Waals surface area contributed by atoms with Crippen LogP contribution in [0.5, 0.6) is 0 Å². The molecule has 0 spiro atoms. The van der Waals surface area contributed by atoms with Crippen LogP contribution in [0.25, 0.3) is 21.3 Å². The summed E-state index contributed by atoms with van der Waals surface area (Å²) in [5.41, 5.74) is 3.07. The highest BCUT2D eigenvalue weighted by molar-refractivity contribution is 7.99. The zero-order valence-electron chi connectivity index (χ0n) is 16.7. The molecule has 3 aromatic rings.